The number of aryl methyl sites for hydroxylation is 2. The minimum absolute atomic E-state index is 0.201. The van der Waals surface area contributed by atoms with Crippen LogP contribution in [0.1, 0.15) is 23.6 Å². The highest BCUT2D eigenvalue weighted by molar-refractivity contribution is 6.30. The molecular weight excluding hydrogens is 284 g/mol. The molecule has 1 heterocycles. The Morgan fingerprint density at radius 2 is 2.10 bits per heavy atom. The third kappa shape index (κ3) is 3.35. The predicted molar refractivity (Wildman–Crippen MR) is 74.7 cm³/mol. The van der Waals surface area contributed by atoms with Crippen LogP contribution < -0.4 is 5.32 Å². The van der Waals surface area contributed by atoms with Gasteiger partial charge in [-0.3, -0.25) is 4.68 Å². The Morgan fingerprint density at radius 1 is 1.35 bits per heavy atom. The second-order valence-electron chi connectivity index (χ2n) is 4.69. The maximum Gasteiger partial charge on any atom is 0.142 e. The second-order valence-corrected chi connectivity index (χ2v) is 5.10. The fourth-order valence-corrected chi connectivity index (χ4v) is 2.32. The summed E-state index contributed by atoms with van der Waals surface area (Å²) in [6, 6.07) is 1.89. The molecule has 2 rings (SSSR count). The average molecular weight is 300 g/mol. The van der Waals surface area contributed by atoms with Gasteiger partial charge < -0.3 is 5.32 Å². The van der Waals surface area contributed by atoms with Crippen molar-refractivity contribution in [1.29, 1.82) is 0 Å². The maximum atomic E-state index is 13.9. The van der Waals surface area contributed by atoms with Crippen LogP contribution in [0.15, 0.2) is 24.5 Å². The number of rotatable bonds is 5. The third-order valence-electron chi connectivity index (χ3n) is 3.24. The Labute approximate surface area is 121 Å². The van der Waals surface area contributed by atoms with Crippen LogP contribution in [0, 0.1) is 11.6 Å². The van der Waals surface area contributed by atoms with E-state index >= 15 is 0 Å². The lowest BCUT2D eigenvalue weighted by Gasteiger charge is -2.17. The van der Waals surface area contributed by atoms with Gasteiger partial charge in [0.05, 0.1) is 11.2 Å². The van der Waals surface area contributed by atoms with E-state index in [-0.39, 0.29) is 11.1 Å². The summed E-state index contributed by atoms with van der Waals surface area (Å²) in [4.78, 5) is 0. The first-order valence-corrected chi connectivity index (χ1v) is 6.68. The van der Waals surface area contributed by atoms with Crippen LogP contribution in [-0.2, 0) is 13.5 Å². The first-order chi connectivity index (χ1) is 9.51. The van der Waals surface area contributed by atoms with Gasteiger partial charge in [0.1, 0.15) is 11.6 Å². The molecule has 1 aromatic heterocycles. The Kier molecular flexibility index (Phi) is 4.73. The molecule has 0 amide bonds. The van der Waals surface area contributed by atoms with Crippen LogP contribution in [0.5, 0.6) is 0 Å². The molecule has 0 aliphatic heterocycles. The van der Waals surface area contributed by atoms with Gasteiger partial charge in [0, 0.05) is 24.8 Å². The Balaban J connectivity index is 2.14. The highest BCUT2D eigenvalue weighted by Crippen LogP contribution is 2.26. The lowest BCUT2D eigenvalue weighted by molar-refractivity contribution is 0.501. The first kappa shape index (κ1) is 14.9. The molecule has 0 aliphatic rings. The number of nitrogens with zero attached hydrogens (tertiary/aromatic N) is 2. The molecule has 108 valence electrons. The topological polar surface area (TPSA) is 29.9 Å². The monoisotopic (exact) mass is 299 g/mol. The lowest BCUT2D eigenvalue weighted by Crippen LogP contribution is -2.18. The smallest absolute Gasteiger partial charge is 0.142 e. The summed E-state index contributed by atoms with van der Waals surface area (Å²) < 4.78 is 29.1. The standard InChI is InChI=1S/C14H16ClF2N3/c1-18-14(4-3-9-7-19-20(2)8-9)10-5-13(17)11(15)6-12(10)16/h5-8,14,18H,3-4H2,1-2H3. The van der Waals surface area contributed by atoms with Crippen molar-refractivity contribution in [3.8, 4) is 0 Å². The van der Waals surface area contributed by atoms with E-state index in [1.165, 1.54) is 0 Å². The molecule has 0 saturated carbocycles. The fraction of sp³-hybridized carbons (Fsp3) is 0.357. The fourth-order valence-electron chi connectivity index (χ4n) is 2.17. The van der Waals surface area contributed by atoms with Crippen molar-refractivity contribution in [2.24, 2.45) is 7.05 Å². The molecule has 3 nitrogen and oxygen atoms in total. The molecule has 0 fully saturated rings. The molecule has 0 bridgehead atoms. The van der Waals surface area contributed by atoms with Crippen LogP contribution in [0.2, 0.25) is 5.02 Å². The van der Waals surface area contributed by atoms with Crippen molar-refractivity contribution in [3.05, 3.63) is 52.3 Å². The van der Waals surface area contributed by atoms with E-state index in [9.17, 15) is 8.78 Å². The van der Waals surface area contributed by atoms with Gasteiger partial charge in [-0.2, -0.15) is 5.10 Å². The number of hydrogen-bond acceptors (Lipinski definition) is 2. The molecule has 1 N–H and O–H groups in total. The van der Waals surface area contributed by atoms with Crippen LogP contribution in [0.25, 0.3) is 0 Å². The summed E-state index contributed by atoms with van der Waals surface area (Å²) in [5.74, 6) is -1.10. The molecule has 1 aromatic carbocycles. The number of hydrogen-bond donors (Lipinski definition) is 1. The van der Waals surface area contributed by atoms with Gasteiger partial charge in [-0.1, -0.05) is 11.6 Å². The van der Waals surface area contributed by atoms with Gasteiger partial charge in [0.2, 0.25) is 0 Å². The third-order valence-corrected chi connectivity index (χ3v) is 3.53. The van der Waals surface area contributed by atoms with Crippen LogP contribution in [0.4, 0.5) is 8.78 Å². The number of benzene rings is 1. The summed E-state index contributed by atoms with van der Waals surface area (Å²) in [5, 5.41) is 6.89. The summed E-state index contributed by atoms with van der Waals surface area (Å²) in [5.41, 5.74) is 1.35. The quantitative estimate of drug-likeness (QED) is 0.859. The number of halogens is 3. The van der Waals surface area contributed by atoms with Gasteiger partial charge in [-0.25, -0.2) is 8.78 Å². The molecular formula is C14H16ClF2N3. The van der Waals surface area contributed by atoms with E-state index in [0.717, 1.165) is 24.1 Å². The van der Waals surface area contributed by atoms with Gasteiger partial charge in [-0.05, 0) is 37.6 Å². The molecule has 0 spiro atoms. The molecule has 0 saturated heterocycles. The Hall–Kier alpha value is -1.46. The van der Waals surface area contributed by atoms with E-state index in [1.807, 2.05) is 13.2 Å². The minimum atomic E-state index is -0.607. The van der Waals surface area contributed by atoms with E-state index in [2.05, 4.69) is 10.4 Å². The average Bonchev–Trinajstić information content (AvgIpc) is 2.82. The Bertz CT molecular complexity index is 598. The van der Waals surface area contributed by atoms with Crippen LogP contribution in [-0.4, -0.2) is 16.8 Å². The normalized spacial score (nSPS) is 12.7. The highest BCUT2D eigenvalue weighted by Gasteiger charge is 2.17. The Morgan fingerprint density at radius 3 is 2.70 bits per heavy atom. The maximum absolute atomic E-state index is 13.9. The zero-order chi connectivity index (χ0) is 14.7. The zero-order valence-corrected chi connectivity index (χ0v) is 12.1. The van der Waals surface area contributed by atoms with E-state index in [4.69, 9.17) is 11.6 Å². The van der Waals surface area contributed by atoms with Crippen LogP contribution >= 0.6 is 11.6 Å². The molecule has 1 unspecified atom stereocenters. The molecule has 0 radical (unpaired) electrons. The first-order valence-electron chi connectivity index (χ1n) is 6.30. The zero-order valence-electron chi connectivity index (χ0n) is 11.3. The molecule has 2 aromatic rings. The summed E-state index contributed by atoms with van der Waals surface area (Å²) in [7, 11) is 3.56. The van der Waals surface area contributed by atoms with Gasteiger partial charge in [0.25, 0.3) is 0 Å². The molecule has 0 aliphatic carbocycles. The van der Waals surface area contributed by atoms with E-state index in [0.29, 0.717) is 12.0 Å². The number of nitrogens with one attached hydrogen (secondary N) is 1. The van der Waals surface area contributed by atoms with Gasteiger partial charge in [-0.15, -0.1) is 0 Å². The molecule has 1 atom stereocenters. The lowest BCUT2D eigenvalue weighted by atomic mass is 9.99. The number of aromatic nitrogens is 2. The summed E-state index contributed by atoms with van der Waals surface area (Å²) in [6.07, 6.45) is 5.04. The van der Waals surface area contributed by atoms with Crippen molar-refractivity contribution in [2.45, 2.75) is 18.9 Å². The van der Waals surface area contributed by atoms with Crippen molar-refractivity contribution in [2.75, 3.05) is 7.05 Å². The summed E-state index contributed by atoms with van der Waals surface area (Å²) in [6.45, 7) is 0. The highest BCUT2D eigenvalue weighted by atomic mass is 35.5. The van der Waals surface area contributed by atoms with Gasteiger partial charge in [0.15, 0.2) is 0 Å². The largest absolute Gasteiger partial charge is 0.313 e. The van der Waals surface area contributed by atoms with Crippen molar-refractivity contribution in [1.82, 2.24) is 15.1 Å². The second kappa shape index (κ2) is 6.33. The van der Waals surface area contributed by atoms with Crippen molar-refractivity contribution < 1.29 is 8.78 Å². The minimum Gasteiger partial charge on any atom is -0.313 e. The van der Waals surface area contributed by atoms with Crippen LogP contribution in [0.3, 0.4) is 0 Å². The predicted octanol–water partition coefficient (Wildman–Crippen LogP) is 3.25. The molecule has 20 heavy (non-hydrogen) atoms. The SMILES string of the molecule is CNC(CCc1cnn(C)c1)c1cc(F)c(Cl)cc1F. The molecule has 6 heteroatoms. The van der Waals surface area contributed by atoms with Crippen molar-refractivity contribution >= 4 is 11.6 Å². The van der Waals surface area contributed by atoms with E-state index < -0.39 is 11.6 Å². The van der Waals surface area contributed by atoms with E-state index in [1.54, 1.807) is 17.9 Å². The van der Waals surface area contributed by atoms with Crippen molar-refractivity contribution in [3.63, 3.8) is 0 Å². The van der Waals surface area contributed by atoms with Gasteiger partial charge >= 0.3 is 0 Å². The summed E-state index contributed by atoms with van der Waals surface area (Å²) >= 11 is 5.56.